The number of likely N-dealkylation sites (N-methyl/N-ethyl adjacent to an activating group) is 1. The quantitative estimate of drug-likeness (QED) is 0.0423. The summed E-state index contributed by atoms with van der Waals surface area (Å²) in [4.78, 5) is 36.4. The Morgan fingerprint density at radius 2 is 1.30 bits per heavy atom. The molecule has 0 radical (unpaired) electrons. The normalized spacial score (nSPS) is 13.6. The number of carboxylic acids is 1. The molecular weight excluding hydrogens is 546 g/mol. The maximum absolute atomic E-state index is 12.5. The molecule has 0 heterocycles. The van der Waals surface area contributed by atoms with E-state index in [0.717, 1.165) is 64.2 Å². The van der Waals surface area contributed by atoms with E-state index < -0.39 is 18.1 Å². The molecule has 0 rings (SSSR count). The van der Waals surface area contributed by atoms with Crippen LogP contribution < -0.4 is 0 Å². The van der Waals surface area contributed by atoms with Crippen LogP contribution in [0, 0.1) is 0 Å². The van der Waals surface area contributed by atoms with Gasteiger partial charge in [-0.3, -0.25) is 9.59 Å². The minimum Gasteiger partial charge on any atom is -0.477 e. The zero-order chi connectivity index (χ0) is 32.2. The average Bonchev–Trinajstić information content (AvgIpc) is 2.94. The number of aliphatic carboxylic acids is 1. The maximum atomic E-state index is 12.5. The lowest BCUT2D eigenvalue weighted by atomic mass is 10.1. The van der Waals surface area contributed by atoms with Gasteiger partial charge in [0.25, 0.3) is 0 Å². The number of nitrogens with zero attached hydrogens (tertiary/aromatic N) is 1. The number of carbonyl (C=O) groups excluding carboxylic acids is 2. The highest BCUT2D eigenvalue weighted by Gasteiger charge is 2.31. The SMILES string of the molecule is CC/C=C\C/C=C\C/C=C\CCCCCC(=O)OC(COCCC(C(=O)O)[N+](C)(C)C)COC(=O)CCCCCCCC. The predicted octanol–water partition coefficient (Wildman–Crippen LogP) is 7.57. The molecule has 0 aliphatic rings. The predicted molar refractivity (Wildman–Crippen MR) is 174 cm³/mol. The molecule has 43 heavy (non-hydrogen) atoms. The highest BCUT2D eigenvalue weighted by Crippen LogP contribution is 2.11. The summed E-state index contributed by atoms with van der Waals surface area (Å²) in [5.41, 5.74) is 0. The van der Waals surface area contributed by atoms with Gasteiger partial charge in [0, 0.05) is 19.3 Å². The van der Waals surface area contributed by atoms with Crippen molar-refractivity contribution in [2.75, 3.05) is 41.0 Å². The smallest absolute Gasteiger partial charge is 0.362 e. The summed E-state index contributed by atoms with van der Waals surface area (Å²) < 4.78 is 17.0. The van der Waals surface area contributed by atoms with Gasteiger partial charge in [-0.05, 0) is 44.9 Å². The van der Waals surface area contributed by atoms with Gasteiger partial charge in [0.05, 0.1) is 34.4 Å². The number of hydrogen-bond donors (Lipinski definition) is 1. The zero-order valence-corrected chi connectivity index (χ0v) is 27.9. The van der Waals surface area contributed by atoms with E-state index in [-0.39, 0.29) is 36.2 Å². The summed E-state index contributed by atoms with van der Waals surface area (Å²) in [5.74, 6) is -1.52. The molecule has 0 bridgehead atoms. The largest absolute Gasteiger partial charge is 0.477 e. The number of ether oxygens (including phenoxy) is 3. The minimum absolute atomic E-state index is 0.0493. The Morgan fingerprint density at radius 3 is 1.93 bits per heavy atom. The molecule has 8 nitrogen and oxygen atoms in total. The van der Waals surface area contributed by atoms with Gasteiger partial charge in [-0.15, -0.1) is 0 Å². The molecule has 0 aromatic rings. The number of rotatable bonds is 28. The van der Waals surface area contributed by atoms with Crippen LogP contribution in [0.2, 0.25) is 0 Å². The number of esters is 2. The number of unbranched alkanes of at least 4 members (excludes halogenated alkanes) is 8. The number of quaternary nitrogens is 1. The summed E-state index contributed by atoms with van der Waals surface area (Å²) in [6.45, 7) is 4.49. The first-order valence-corrected chi connectivity index (χ1v) is 16.5. The third-order valence-corrected chi connectivity index (χ3v) is 7.05. The fourth-order valence-corrected chi connectivity index (χ4v) is 4.46. The molecule has 0 amide bonds. The Labute approximate surface area is 262 Å². The van der Waals surface area contributed by atoms with Gasteiger partial charge in [0.2, 0.25) is 0 Å². The third-order valence-electron chi connectivity index (χ3n) is 7.05. The first kappa shape index (κ1) is 40.5. The monoisotopic (exact) mass is 608 g/mol. The fourth-order valence-electron chi connectivity index (χ4n) is 4.46. The Kier molecular flexibility index (Phi) is 25.6. The van der Waals surface area contributed by atoms with Crippen LogP contribution in [0.15, 0.2) is 36.5 Å². The molecule has 0 spiro atoms. The number of carboxylic acid groups (broad SMARTS) is 1. The number of carbonyl (C=O) groups is 3. The summed E-state index contributed by atoms with van der Waals surface area (Å²) >= 11 is 0. The van der Waals surface area contributed by atoms with E-state index in [0.29, 0.717) is 19.3 Å². The van der Waals surface area contributed by atoms with Crippen molar-refractivity contribution in [3.8, 4) is 0 Å². The van der Waals surface area contributed by atoms with Crippen molar-refractivity contribution >= 4 is 17.9 Å². The van der Waals surface area contributed by atoms with Crippen molar-refractivity contribution in [3.63, 3.8) is 0 Å². The topological polar surface area (TPSA) is 99.1 Å². The van der Waals surface area contributed by atoms with Gasteiger partial charge in [-0.1, -0.05) is 88.8 Å². The molecular formula is C35H62NO7+. The van der Waals surface area contributed by atoms with Gasteiger partial charge >= 0.3 is 17.9 Å². The molecule has 0 aliphatic heterocycles. The number of hydrogen-bond acceptors (Lipinski definition) is 6. The van der Waals surface area contributed by atoms with E-state index in [1.807, 2.05) is 21.1 Å². The molecule has 1 N–H and O–H groups in total. The first-order chi connectivity index (χ1) is 20.6. The van der Waals surface area contributed by atoms with Crippen LogP contribution in [0.3, 0.4) is 0 Å². The van der Waals surface area contributed by atoms with Crippen molar-refractivity contribution in [2.24, 2.45) is 0 Å². The van der Waals surface area contributed by atoms with Crippen LogP contribution >= 0.6 is 0 Å². The molecule has 0 fully saturated rings. The first-order valence-electron chi connectivity index (χ1n) is 16.5. The lowest BCUT2D eigenvalue weighted by Gasteiger charge is -2.31. The molecule has 0 saturated heterocycles. The Hall–Kier alpha value is -2.45. The van der Waals surface area contributed by atoms with Crippen LogP contribution in [0.5, 0.6) is 0 Å². The van der Waals surface area contributed by atoms with Gasteiger partial charge in [0.15, 0.2) is 12.1 Å². The van der Waals surface area contributed by atoms with E-state index in [2.05, 4.69) is 50.3 Å². The maximum Gasteiger partial charge on any atom is 0.362 e. The molecule has 0 saturated carbocycles. The van der Waals surface area contributed by atoms with Crippen molar-refractivity contribution < 1.29 is 38.2 Å². The minimum atomic E-state index is -0.884. The van der Waals surface area contributed by atoms with E-state index >= 15 is 0 Å². The van der Waals surface area contributed by atoms with Crippen LogP contribution in [-0.2, 0) is 28.6 Å². The molecule has 0 aromatic carbocycles. The molecule has 0 aromatic heterocycles. The van der Waals surface area contributed by atoms with Crippen LogP contribution in [0.25, 0.3) is 0 Å². The van der Waals surface area contributed by atoms with Gasteiger partial charge in [0.1, 0.15) is 6.61 Å². The van der Waals surface area contributed by atoms with Crippen LogP contribution in [0.1, 0.15) is 117 Å². The van der Waals surface area contributed by atoms with Gasteiger partial charge in [-0.2, -0.15) is 0 Å². The Morgan fingerprint density at radius 1 is 0.721 bits per heavy atom. The summed E-state index contributed by atoms with van der Waals surface area (Å²) in [6, 6.07) is -0.615. The average molecular weight is 609 g/mol. The Balaban J connectivity index is 4.52. The van der Waals surface area contributed by atoms with Crippen molar-refractivity contribution in [1.29, 1.82) is 0 Å². The van der Waals surface area contributed by atoms with E-state index in [1.54, 1.807) is 0 Å². The summed E-state index contributed by atoms with van der Waals surface area (Å²) in [5, 5.41) is 9.52. The van der Waals surface area contributed by atoms with E-state index in [9.17, 15) is 19.5 Å². The Bertz CT molecular complexity index is 813. The highest BCUT2D eigenvalue weighted by molar-refractivity contribution is 5.72. The number of allylic oxidation sites excluding steroid dienone is 6. The zero-order valence-electron chi connectivity index (χ0n) is 27.9. The van der Waals surface area contributed by atoms with Crippen LogP contribution in [0.4, 0.5) is 0 Å². The standard InChI is InChI=1S/C35H61NO7/c1-6-8-10-12-14-15-16-17-18-19-20-22-24-26-34(38)43-31(29-41-28-27-32(35(39)40)36(3,4)5)30-42-33(37)25-23-21-13-11-9-7-2/h8,10,14-15,17-18,31-32H,6-7,9,11-13,16,19-30H2,1-5H3/p+1/b10-8-,15-14-,18-17-. The lowest BCUT2D eigenvalue weighted by molar-refractivity contribution is -0.887. The highest BCUT2D eigenvalue weighted by atomic mass is 16.6. The second kappa shape index (κ2) is 27.1. The molecule has 2 atom stereocenters. The van der Waals surface area contributed by atoms with Gasteiger partial charge < -0.3 is 23.8 Å². The molecule has 0 aliphatic carbocycles. The molecule has 248 valence electrons. The second-order valence-electron chi connectivity index (χ2n) is 12.0. The van der Waals surface area contributed by atoms with E-state index in [1.165, 1.54) is 19.3 Å². The van der Waals surface area contributed by atoms with Crippen molar-refractivity contribution in [2.45, 2.75) is 129 Å². The third kappa shape index (κ3) is 25.7. The van der Waals surface area contributed by atoms with Crippen LogP contribution in [-0.4, -0.2) is 80.6 Å². The fraction of sp³-hybridized carbons (Fsp3) is 0.743. The lowest BCUT2D eigenvalue weighted by Crippen LogP contribution is -2.50. The van der Waals surface area contributed by atoms with Crippen molar-refractivity contribution in [1.82, 2.24) is 0 Å². The second-order valence-corrected chi connectivity index (χ2v) is 12.0. The molecule has 8 heteroatoms. The van der Waals surface area contributed by atoms with Gasteiger partial charge in [-0.25, -0.2) is 4.79 Å². The summed E-state index contributed by atoms with van der Waals surface area (Å²) in [7, 11) is 5.48. The summed E-state index contributed by atoms with van der Waals surface area (Å²) in [6.07, 6.45) is 26.4. The van der Waals surface area contributed by atoms with Crippen molar-refractivity contribution in [3.05, 3.63) is 36.5 Å². The molecule has 2 unspecified atom stereocenters. The van der Waals surface area contributed by atoms with E-state index in [4.69, 9.17) is 14.2 Å².